The number of nitrogens with one attached hydrogen (secondary N) is 1. The molecule has 104 valence electrons. The number of carboxylic acid groups (broad SMARTS) is 1. The van der Waals surface area contributed by atoms with E-state index < -0.39 is 5.97 Å². The van der Waals surface area contributed by atoms with Gasteiger partial charge in [-0.1, -0.05) is 0 Å². The minimum absolute atomic E-state index is 0.0536. The number of hydrogen-bond acceptors (Lipinski definition) is 6. The van der Waals surface area contributed by atoms with Gasteiger partial charge in [0.05, 0.1) is 17.2 Å². The maximum atomic E-state index is 11.7. The molecule has 0 saturated heterocycles. The van der Waals surface area contributed by atoms with Gasteiger partial charge in [0, 0.05) is 6.20 Å². The summed E-state index contributed by atoms with van der Waals surface area (Å²) in [6, 6.07) is 3.37. The summed E-state index contributed by atoms with van der Waals surface area (Å²) in [6.07, 6.45) is 4.41. The van der Waals surface area contributed by atoms with Crippen LogP contribution in [-0.4, -0.2) is 48.2 Å². The first kappa shape index (κ1) is 14.0. The molecule has 0 aliphatic carbocycles. The monoisotopic (exact) mass is 293 g/mol. The predicted molar refractivity (Wildman–Crippen MR) is 72.7 cm³/mol. The predicted octanol–water partition coefficient (Wildman–Crippen LogP) is 0.419. The third-order valence-electron chi connectivity index (χ3n) is 2.16. The van der Waals surface area contributed by atoms with Crippen LogP contribution in [0.25, 0.3) is 5.82 Å². The smallest absolute Gasteiger partial charge is 0.313 e. The Morgan fingerprint density at radius 1 is 1.40 bits per heavy atom. The van der Waals surface area contributed by atoms with E-state index in [9.17, 15) is 9.59 Å². The number of aliphatic carboxylic acids is 1. The fraction of sp³-hybridized carbons (Fsp3) is 0.182. The highest BCUT2D eigenvalue weighted by atomic mass is 32.2. The van der Waals surface area contributed by atoms with E-state index in [-0.39, 0.29) is 17.4 Å². The van der Waals surface area contributed by atoms with Crippen molar-refractivity contribution >= 4 is 29.3 Å². The van der Waals surface area contributed by atoms with E-state index in [1.807, 2.05) is 0 Å². The standard InChI is InChI=1S/C11H11N5O3S/c17-9(4-20-5-10(18)19)15-8-2-1-3-13-11(8)16-7-12-6-14-16/h1-3,6-7H,4-5H2,(H,15,17)(H,18,19). The first-order chi connectivity index (χ1) is 9.66. The van der Waals surface area contributed by atoms with Crippen LogP contribution in [0.5, 0.6) is 0 Å². The van der Waals surface area contributed by atoms with Crippen LogP contribution >= 0.6 is 11.8 Å². The summed E-state index contributed by atoms with van der Waals surface area (Å²) in [6.45, 7) is 0. The molecule has 0 aliphatic heterocycles. The van der Waals surface area contributed by atoms with Crippen molar-refractivity contribution in [3.63, 3.8) is 0 Å². The van der Waals surface area contributed by atoms with Gasteiger partial charge in [-0.3, -0.25) is 9.59 Å². The Bertz CT molecular complexity index is 602. The molecule has 0 unspecified atom stereocenters. The minimum Gasteiger partial charge on any atom is -0.481 e. The second kappa shape index (κ2) is 6.66. The summed E-state index contributed by atoms with van der Waals surface area (Å²) in [5.74, 6) is -0.867. The van der Waals surface area contributed by atoms with Crippen molar-refractivity contribution in [2.24, 2.45) is 0 Å². The number of carbonyl (C=O) groups is 2. The van der Waals surface area contributed by atoms with Crippen LogP contribution in [0, 0.1) is 0 Å². The molecule has 1 amide bonds. The molecule has 2 aromatic rings. The fourth-order valence-electron chi connectivity index (χ4n) is 1.41. The molecule has 0 fully saturated rings. The summed E-state index contributed by atoms with van der Waals surface area (Å²) < 4.78 is 1.43. The van der Waals surface area contributed by atoms with E-state index in [2.05, 4.69) is 20.4 Å². The average molecular weight is 293 g/mol. The third-order valence-corrected chi connectivity index (χ3v) is 3.07. The molecule has 20 heavy (non-hydrogen) atoms. The molecule has 2 aromatic heterocycles. The Balaban J connectivity index is 2.03. The zero-order chi connectivity index (χ0) is 14.4. The van der Waals surface area contributed by atoms with Crippen molar-refractivity contribution in [3.05, 3.63) is 31.0 Å². The van der Waals surface area contributed by atoms with Gasteiger partial charge >= 0.3 is 5.97 Å². The van der Waals surface area contributed by atoms with Crippen molar-refractivity contribution in [1.29, 1.82) is 0 Å². The summed E-state index contributed by atoms with van der Waals surface area (Å²) in [5.41, 5.74) is 0.485. The van der Waals surface area contributed by atoms with E-state index in [4.69, 9.17) is 5.11 Å². The lowest BCUT2D eigenvalue weighted by Crippen LogP contribution is -2.17. The first-order valence-electron chi connectivity index (χ1n) is 5.56. The quantitative estimate of drug-likeness (QED) is 0.794. The van der Waals surface area contributed by atoms with Crippen LogP contribution in [0.15, 0.2) is 31.0 Å². The SMILES string of the molecule is O=C(O)CSCC(=O)Nc1cccnc1-n1cncn1. The number of anilines is 1. The number of aromatic nitrogens is 4. The maximum absolute atomic E-state index is 11.7. The molecule has 0 spiro atoms. The van der Waals surface area contributed by atoms with Gasteiger partial charge in [0.15, 0.2) is 5.82 Å². The van der Waals surface area contributed by atoms with Crippen LogP contribution in [0.1, 0.15) is 0 Å². The molecule has 0 bridgehead atoms. The number of carbonyl (C=O) groups excluding carboxylic acids is 1. The lowest BCUT2D eigenvalue weighted by Gasteiger charge is -2.09. The van der Waals surface area contributed by atoms with Crippen LogP contribution in [0.3, 0.4) is 0 Å². The molecule has 0 aromatic carbocycles. The minimum atomic E-state index is -0.951. The lowest BCUT2D eigenvalue weighted by atomic mass is 10.4. The van der Waals surface area contributed by atoms with Crippen LogP contribution in [0.2, 0.25) is 0 Å². The molecule has 0 radical (unpaired) electrons. The number of thioether (sulfide) groups is 1. The molecule has 0 saturated carbocycles. The Morgan fingerprint density at radius 3 is 2.95 bits per heavy atom. The lowest BCUT2D eigenvalue weighted by molar-refractivity contribution is -0.133. The molecule has 2 rings (SSSR count). The summed E-state index contributed by atoms with van der Waals surface area (Å²) in [7, 11) is 0. The van der Waals surface area contributed by atoms with Gasteiger partial charge in [0.25, 0.3) is 0 Å². The van der Waals surface area contributed by atoms with E-state index >= 15 is 0 Å². The topological polar surface area (TPSA) is 110 Å². The summed E-state index contributed by atoms with van der Waals surface area (Å²) in [5, 5.41) is 15.1. The zero-order valence-corrected chi connectivity index (χ0v) is 11.1. The number of rotatable bonds is 6. The second-order valence-corrected chi connectivity index (χ2v) is 4.63. The Kier molecular flexibility index (Phi) is 4.66. The van der Waals surface area contributed by atoms with Gasteiger partial charge in [-0.15, -0.1) is 11.8 Å². The van der Waals surface area contributed by atoms with Crippen LogP contribution in [-0.2, 0) is 9.59 Å². The second-order valence-electron chi connectivity index (χ2n) is 3.65. The highest BCUT2D eigenvalue weighted by Crippen LogP contribution is 2.16. The fourth-order valence-corrected chi connectivity index (χ4v) is 1.95. The average Bonchev–Trinajstić information content (AvgIpc) is 2.92. The largest absolute Gasteiger partial charge is 0.481 e. The third kappa shape index (κ3) is 3.79. The van der Waals surface area contributed by atoms with E-state index in [0.717, 1.165) is 11.8 Å². The number of hydrogen-bond donors (Lipinski definition) is 2. The van der Waals surface area contributed by atoms with Crippen LogP contribution in [0.4, 0.5) is 5.69 Å². The van der Waals surface area contributed by atoms with Gasteiger partial charge in [0.1, 0.15) is 12.7 Å². The first-order valence-corrected chi connectivity index (χ1v) is 6.71. The van der Waals surface area contributed by atoms with Crippen molar-refractivity contribution in [3.8, 4) is 5.82 Å². The number of pyridine rings is 1. The molecular weight excluding hydrogens is 282 g/mol. The molecule has 2 heterocycles. The summed E-state index contributed by atoms with van der Waals surface area (Å²) >= 11 is 1.03. The zero-order valence-electron chi connectivity index (χ0n) is 10.3. The number of nitrogens with zero attached hydrogens (tertiary/aromatic N) is 4. The van der Waals surface area contributed by atoms with E-state index in [1.54, 1.807) is 18.3 Å². The molecule has 8 nitrogen and oxygen atoms in total. The maximum Gasteiger partial charge on any atom is 0.313 e. The van der Waals surface area contributed by atoms with Gasteiger partial charge in [-0.05, 0) is 12.1 Å². The molecule has 0 aliphatic rings. The highest BCUT2D eigenvalue weighted by Gasteiger charge is 2.10. The van der Waals surface area contributed by atoms with Crippen molar-refractivity contribution in [2.75, 3.05) is 16.8 Å². The molecular formula is C11H11N5O3S. The van der Waals surface area contributed by atoms with Gasteiger partial charge in [0.2, 0.25) is 5.91 Å². The molecule has 2 N–H and O–H groups in total. The van der Waals surface area contributed by atoms with Gasteiger partial charge in [-0.2, -0.15) is 5.10 Å². The highest BCUT2D eigenvalue weighted by molar-refractivity contribution is 8.00. The van der Waals surface area contributed by atoms with E-state index in [0.29, 0.717) is 11.5 Å². The normalized spacial score (nSPS) is 10.2. The van der Waals surface area contributed by atoms with Crippen molar-refractivity contribution in [1.82, 2.24) is 19.7 Å². The Morgan fingerprint density at radius 2 is 2.25 bits per heavy atom. The number of carboxylic acids is 1. The summed E-state index contributed by atoms with van der Waals surface area (Å²) in [4.78, 5) is 30.0. The number of amides is 1. The van der Waals surface area contributed by atoms with Crippen molar-refractivity contribution in [2.45, 2.75) is 0 Å². The molecule has 9 heteroatoms. The van der Waals surface area contributed by atoms with Gasteiger partial charge in [-0.25, -0.2) is 14.6 Å². The van der Waals surface area contributed by atoms with Gasteiger partial charge < -0.3 is 10.4 Å². The molecule has 0 atom stereocenters. The van der Waals surface area contributed by atoms with Crippen molar-refractivity contribution < 1.29 is 14.7 Å². The van der Waals surface area contributed by atoms with Crippen LogP contribution < -0.4 is 5.32 Å². The Labute approximate surface area is 118 Å². The van der Waals surface area contributed by atoms with E-state index in [1.165, 1.54) is 17.3 Å². The Hall–Kier alpha value is -2.42.